The molecule has 3 heteroatoms. The van der Waals surface area contributed by atoms with Crippen molar-refractivity contribution in [2.24, 2.45) is 0 Å². The maximum absolute atomic E-state index is 11.7. The molecule has 0 saturated heterocycles. The number of halogens is 1. The molecule has 1 aromatic rings. The molecule has 0 unspecified atom stereocenters. The zero-order valence-electron chi connectivity index (χ0n) is 9.82. The summed E-state index contributed by atoms with van der Waals surface area (Å²) in [5, 5.41) is 0. The van der Waals surface area contributed by atoms with Crippen molar-refractivity contribution in [3.05, 3.63) is 34.3 Å². The number of carbonyl (C=O) groups excluding carboxylic acids is 1. The number of rotatable bonds is 3. The van der Waals surface area contributed by atoms with Crippen molar-refractivity contribution in [3.63, 3.8) is 0 Å². The van der Waals surface area contributed by atoms with E-state index in [1.165, 1.54) is 19.3 Å². The fourth-order valence-electron chi connectivity index (χ4n) is 2.18. The third kappa shape index (κ3) is 4.15. The van der Waals surface area contributed by atoms with E-state index in [0.717, 1.165) is 22.9 Å². The van der Waals surface area contributed by atoms with Gasteiger partial charge in [-0.3, -0.25) is 4.79 Å². The Morgan fingerprint density at radius 2 is 1.82 bits per heavy atom. The average Bonchev–Trinajstić information content (AvgIpc) is 2.33. The molecule has 2 rings (SSSR count). The molecule has 0 radical (unpaired) electrons. The second kappa shape index (κ2) is 6.20. The van der Waals surface area contributed by atoms with Crippen LogP contribution in [-0.2, 0) is 16.0 Å². The zero-order valence-corrected chi connectivity index (χ0v) is 11.4. The number of carbonyl (C=O) groups is 1. The highest BCUT2D eigenvalue weighted by Crippen LogP contribution is 2.21. The van der Waals surface area contributed by atoms with E-state index in [2.05, 4.69) is 15.9 Å². The molecule has 0 bridgehead atoms. The van der Waals surface area contributed by atoms with Crippen molar-refractivity contribution in [1.82, 2.24) is 0 Å². The summed E-state index contributed by atoms with van der Waals surface area (Å²) in [4.78, 5) is 11.7. The summed E-state index contributed by atoms with van der Waals surface area (Å²) in [7, 11) is 0. The highest BCUT2D eigenvalue weighted by molar-refractivity contribution is 9.10. The fourth-order valence-corrected chi connectivity index (χ4v) is 2.44. The van der Waals surface area contributed by atoms with Crippen molar-refractivity contribution < 1.29 is 9.53 Å². The first-order valence-electron chi connectivity index (χ1n) is 6.18. The first-order chi connectivity index (χ1) is 8.24. The molecule has 0 heterocycles. The van der Waals surface area contributed by atoms with E-state index in [0.29, 0.717) is 6.42 Å². The van der Waals surface area contributed by atoms with Gasteiger partial charge in [0.1, 0.15) is 6.10 Å². The van der Waals surface area contributed by atoms with E-state index in [9.17, 15) is 4.79 Å². The minimum absolute atomic E-state index is 0.0979. The summed E-state index contributed by atoms with van der Waals surface area (Å²) in [6, 6.07) is 7.80. The predicted octanol–water partition coefficient (Wildman–Crippen LogP) is 3.87. The van der Waals surface area contributed by atoms with Crippen LogP contribution in [0.3, 0.4) is 0 Å². The molecular formula is C14H17BrO2. The lowest BCUT2D eigenvalue weighted by molar-refractivity contribution is -0.149. The minimum Gasteiger partial charge on any atom is -0.462 e. The van der Waals surface area contributed by atoms with Gasteiger partial charge in [-0.25, -0.2) is 0 Å². The summed E-state index contributed by atoms with van der Waals surface area (Å²) < 4.78 is 6.50. The van der Waals surface area contributed by atoms with Gasteiger partial charge in [-0.15, -0.1) is 0 Å². The highest BCUT2D eigenvalue weighted by atomic mass is 79.9. The molecule has 0 N–H and O–H groups in total. The molecule has 1 saturated carbocycles. The van der Waals surface area contributed by atoms with Crippen molar-refractivity contribution >= 4 is 21.9 Å². The average molecular weight is 297 g/mol. The molecule has 0 amide bonds. The molecule has 1 aromatic carbocycles. The Labute approximate surface area is 110 Å². The van der Waals surface area contributed by atoms with E-state index in [-0.39, 0.29) is 12.1 Å². The van der Waals surface area contributed by atoms with E-state index >= 15 is 0 Å². The molecule has 2 nitrogen and oxygen atoms in total. The first-order valence-corrected chi connectivity index (χ1v) is 6.97. The Hall–Kier alpha value is -0.830. The Morgan fingerprint density at radius 1 is 1.18 bits per heavy atom. The van der Waals surface area contributed by atoms with Gasteiger partial charge in [0, 0.05) is 4.47 Å². The van der Waals surface area contributed by atoms with Gasteiger partial charge in [-0.2, -0.15) is 0 Å². The summed E-state index contributed by atoms with van der Waals surface area (Å²) in [6.45, 7) is 0. The third-order valence-corrected chi connectivity index (χ3v) is 3.64. The maximum atomic E-state index is 11.7. The molecule has 92 valence electrons. The molecule has 0 spiro atoms. The van der Waals surface area contributed by atoms with Crippen LogP contribution in [0.2, 0.25) is 0 Å². The van der Waals surface area contributed by atoms with Gasteiger partial charge in [-0.05, 0) is 43.4 Å². The van der Waals surface area contributed by atoms with Crippen LogP contribution in [0.25, 0.3) is 0 Å². The SMILES string of the molecule is O=C(Cc1ccc(Br)cc1)OC1CCCCC1. The second-order valence-corrected chi connectivity index (χ2v) is 5.47. The Balaban J connectivity index is 1.82. The quantitative estimate of drug-likeness (QED) is 0.792. The summed E-state index contributed by atoms with van der Waals surface area (Å²) in [5.41, 5.74) is 1.01. The lowest BCUT2D eigenvalue weighted by Crippen LogP contribution is -2.21. The fraction of sp³-hybridized carbons (Fsp3) is 0.500. The van der Waals surface area contributed by atoms with Crippen molar-refractivity contribution in [1.29, 1.82) is 0 Å². The Kier molecular flexibility index (Phi) is 4.60. The van der Waals surface area contributed by atoms with Crippen LogP contribution >= 0.6 is 15.9 Å². The summed E-state index contributed by atoms with van der Waals surface area (Å²) >= 11 is 3.38. The highest BCUT2D eigenvalue weighted by Gasteiger charge is 2.17. The predicted molar refractivity (Wildman–Crippen MR) is 70.8 cm³/mol. The number of esters is 1. The molecule has 1 aliphatic carbocycles. The lowest BCUT2D eigenvalue weighted by atomic mass is 9.98. The number of hydrogen-bond acceptors (Lipinski definition) is 2. The maximum Gasteiger partial charge on any atom is 0.310 e. The minimum atomic E-state index is -0.0979. The van der Waals surface area contributed by atoms with Crippen LogP contribution in [0.5, 0.6) is 0 Å². The molecule has 1 aliphatic rings. The lowest BCUT2D eigenvalue weighted by Gasteiger charge is -2.21. The van der Waals surface area contributed by atoms with Gasteiger partial charge < -0.3 is 4.74 Å². The van der Waals surface area contributed by atoms with E-state index in [4.69, 9.17) is 4.74 Å². The van der Waals surface area contributed by atoms with E-state index in [1.807, 2.05) is 24.3 Å². The van der Waals surface area contributed by atoms with Crippen LogP contribution in [0, 0.1) is 0 Å². The van der Waals surface area contributed by atoms with Gasteiger partial charge in [0.15, 0.2) is 0 Å². The Bertz CT molecular complexity index is 366. The van der Waals surface area contributed by atoms with Crippen LogP contribution in [0.15, 0.2) is 28.7 Å². The Morgan fingerprint density at radius 3 is 2.47 bits per heavy atom. The van der Waals surface area contributed by atoms with Crippen molar-refractivity contribution in [2.45, 2.75) is 44.6 Å². The third-order valence-electron chi connectivity index (χ3n) is 3.11. The molecule has 0 aliphatic heterocycles. The standard InChI is InChI=1S/C14H17BrO2/c15-12-8-6-11(7-9-12)10-14(16)17-13-4-2-1-3-5-13/h6-9,13H,1-5,10H2. The molecule has 1 fully saturated rings. The smallest absolute Gasteiger partial charge is 0.310 e. The van der Waals surface area contributed by atoms with Crippen molar-refractivity contribution in [2.75, 3.05) is 0 Å². The largest absolute Gasteiger partial charge is 0.462 e. The number of ether oxygens (including phenoxy) is 1. The molecule has 17 heavy (non-hydrogen) atoms. The van der Waals surface area contributed by atoms with Crippen LogP contribution in [0.1, 0.15) is 37.7 Å². The number of hydrogen-bond donors (Lipinski definition) is 0. The summed E-state index contributed by atoms with van der Waals surface area (Å²) in [5.74, 6) is -0.0979. The van der Waals surface area contributed by atoms with E-state index < -0.39 is 0 Å². The molecule has 0 aromatic heterocycles. The van der Waals surface area contributed by atoms with E-state index in [1.54, 1.807) is 0 Å². The van der Waals surface area contributed by atoms with Gasteiger partial charge >= 0.3 is 5.97 Å². The number of benzene rings is 1. The van der Waals surface area contributed by atoms with Gasteiger partial charge in [0.2, 0.25) is 0 Å². The molecule has 0 atom stereocenters. The van der Waals surface area contributed by atoms with Gasteiger partial charge in [0.05, 0.1) is 6.42 Å². The topological polar surface area (TPSA) is 26.3 Å². The zero-order chi connectivity index (χ0) is 12.1. The second-order valence-electron chi connectivity index (χ2n) is 4.55. The van der Waals surface area contributed by atoms with Crippen LogP contribution < -0.4 is 0 Å². The van der Waals surface area contributed by atoms with Gasteiger partial charge in [0.25, 0.3) is 0 Å². The first kappa shape index (κ1) is 12.6. The molecular weight excluding hydrogens is 280 g/mol. The van der Waals surface area contributed by atoms with Crippen molar-refractivity contribution in [3.8, 4) is 0 Å². The normalized spacial score (nSPS) is 16.8. The van der Waals surface area contributed by atoms with Crippen LogP contribution in [0.4, 0.5) is 0 Å². The van der Waals surface area contributed by atoms with Gasteiger partial charge in [-0.1, -0.05) is 34.5 Å². The van der Waals surface area contributed by atoms with Crippen LogP contribution in [-0.4, -0.2) is 12.1 Å². The monoisotopic (exact) mass is 296 g/mol. The summed E-state index contributed by atoms with van der Waals surface area (Å²) in [6.07, 6.45) is 6.27.